The summed E-state index contributed by atoms with van der Waals surface area (Å²) in [7, 11) is 0. The highest BCUT2D eigenvalue weighted by atomic mass is 16.5. The monoisotopic (exact) mass is 284 g/mol. The van der Waals surface area contributed by atoms with Crippen molar-refractivity contribution in [3.63, 3.8) is 0 Å². The van der Waals surface area contributed by atoms with Crippen LogP contribution in [0.5, 0.6) is 11.5 Å². The molecular weight excluding hydrogens is 264 g/mol. The van der Waals surface area contributed by atoms with E-state index < -0.39 is 0 Å². The highest BCUT2D eigenvalue weighted by molar-refractivity contribution is 5.37. The van der Waals surface area contributed by atoms with Crippen molar-refractivity contribution >= 4 is 0 Å². The number of aliphatic hydroxyl groups is 1. The van der Waals surface area contributed by atoms with Gasteiger partial charge in [-0.25, -0.2) is 0 Å². The topological polar surface area (TPSA) is 45.6 Å². The van der Waals surface area contributed by atoms with Crippen LogP contribution in [-0.4, -0.2) is 34.2 Å². The average molecular weight is 284 g/mol. The third kappa shape index (κ3) is 3.80. The van der Waals surface area contributed by atoms with Crippen LogP contribution < -0.4 is 4.74 Å². The van der Waals surface area contributed by atoms with Crippen LogP contribution in [0.3, 0.4) is 0 Å². The van der Waals surface area contributed by atoms with Gasteiger partial charge in [0.2, 0.25) is 0 Å². The van der Waals surface area contributed by atoms with Gasteiger partial charge in [-0.2, -0.15) is 0 Å². The van der Waals surface area contributed by atoms with E-state index >= 15 is 0 Å². The third-order valence-corrected chi connectivity index (χ3v) is 3.79. The van der Waals surface area contributed by atoms with Gasteiger partial charge in [0.1, 0.15) is 11.5 Å². The first-order chi connectivity index (χ1) is 10.3. The number of nitrogens with zero attached hydrogens (tertiary/aromatic N) is 2. The number of aliphatic hydroxyl groups excluding tert-OH is 1. The number of hydrogen-bond acceptors (Lipinski definition) is 4. The van der Waals surface area contributed by atoms with Crippen molar-refractivity contribution in [1.82, 2.24) is 9.88 Å². The summed E-state index contributed by atoms with van der Waals surface area (Å²) >= 11 is 0. The molecule has 1 aromatic heterocycles. The van der Waals surface area contributed by atoms with Gasteiger partial charge in [-0.1, -0.05) is 18.2 Å². The Morgan fingerprint density at radius 3 is 2.71 bits per heavy atom. The summed E-state index contributed by atoms with van der Waals surface area (Å²) in [6, 6.07) is 11.9. The molecule has 0 aliphatic carbocycles. The number of para-hydroxylation sites is 1. The van der Waals surface area contributed by atoms with E-state index in [1.807, 2.05) is 30.3 Å². The number of rotatable bonds is 4. The molecule has 1 fully saturated rings. The molecule has 0 amide bonds. The fourth-order valence-electron chi connectivity index (χ4n) is 2.59. The van der Waals surface area contributed by atoms with Crippen molar-refractivity contribution in [3.8, 4) is 11.5 Å². The van der Waals surface area contributed by atoms with E-state index in [2.05, 4.69) is 16.0 Å². The van der Waals surface area contributed by atoms with Gasteiger partial charge in [-0.15, -0.1) is 0 Å². The largest absolute Gasteiger partial charge is 0.455 e. The Morgan fingerprint density at radius 2 is 1.95 bits per heavy atom. The van der Waals surface area contributed by atoms with E-state index in [1.54, 1.807) is 12.4 Å². The van der Waals surface area contributed by atoms with Gasteiger partial charge < -0.3 is 9.84 Å². The molecule has 0 saturated carbocycles. The predicted octanol–water partition coefficient (Wildman–Crippen LogP) is 2.83. The molecule has 4 heteroatoms. The standard InChI is InChI=1S/C17H20N2O2/c20-15-7-10-19(11-8-15)13-14-4-1-2-6-17(14)21-16-5-3-9-18-12-16/h1-6,9,12,15,20H,7-8,10-11,13H2. The molecule has 0 atom stereocenters. The Bertz CT molecular complexity index is 566. The Kier molecular flexibility index (Phi) is 4.48. The quantitative estimate of drug-likeness (QED) is 0.937. The van der Waals surface area contributed by atoms with Crippen LogP contribution in [0.2, 0.25) is 0 Å². The minimum absolute atomic E-state index is 0.136. The van der Waals surface area contributed by atoms with E-state index in [1.165, 1.54) is 0 Å². The Labute approximate surface area is 125 Å². The maximum absolute atomic E-state index is 9.58. The van der Waals surface area contributed by atoms with Crippen molar-refractivity contribution in [2.24, 2.45) is 0 Å². The number of benzene rings is 1. The molecule has 21 heavy (non-hydrogen) atoms. The summed E-state index contributed by atoms with van der Waals surface area (Å²) in [5.41, 5.74) is 1.16. The van der Waals surface area contributed by atoms with Crippen molar-refractivity contribution in [2.75, 3.05) is 13.1 Å². The van der Waals surface area contributed by atoms with Crippen LogP contribution in [0.15, 0.2) is 48.8 Å². The zero-order chi connectivity index (χ0) is 14.5. The van der Waals surface area contributed by atoms with Crippen LogP contribution in [0.4, 0.5) is 0 Å². The number of ether oxygens (including phenoxy) is 1. The van der Waals surface area contributed by atoms with Crippen molar-refractivity contribution in [2.45, 2.75) is 25.5 Å². The van der Waals surface area contributed by atoms with E-state index in [-0.39, 0.29) is 6.10 Å². The second kappa shape index (κ2) is 6.70. The van der Waals surface area contributed by atoms with Crippen LogP contribution in [-0.2, 0) is 6.54 Å². The van der Waals surface area contributed by atoms with Crippen molar-refractivity contribution in [1.29, 1.82) is 0 Å². The molecule has 0 bridgehead atoms. The fourth-order valence-corrected chi connectivity index (χ4v) is 2.59. The molecule has 2 heterocycles. The molecule has 4 nitrogen and oxygen atoms in total. The highest BCUT2D eigenvalue weighted by Crippen LogP contribution is 2.26. The highest BCUT2D eigenvalue weighted by Gasteiger charge is 2.18. The SMILES string of the molecule is OC1CCN(Cc2ccccc2Oc2cccnc2)CC1. The normalized spacial score (nSPS) is 16.8. The molecule has 0 spiro atoms. The van der Waals surface area contributed by atoms with Gasteiger partial charge in [0.15, 0.2) is 0 Å². The molecule has 2 aromatic rings. The van der Waals surface area contributed by atoms with Gasteiger partial charge in [-0.3, -0.25) is 9.88 Å². The molecule has 1 aliphatic rings. The van der Waals surface area contributed by atoms with Gasteiger partial charge in [0.25, 0.3) is 0 Å². The number of hydrogen-bond donors (Lipinski definition) is 1. The zero-order valence-electron chi connectivity index (χ0n) is 12.0. The predicted molar refractivity (Wildman–Crippen MR) is 81.3 cm³/mol. The first-order valence-electron chi connectivity index (χ1n) is 7.37. The maximum Gasteiger partial charge on any atom is 0.145 e. The number of likely N-dealkylation sites (tertiary alicyclic amines) is 1. The summed E-state index contributed by atoms with van der Waals surface area (Å²) in [4.78, 5) is 6.43. The summed E-state index contributed by atoms with van der Waals surface area (Å²) in [5.74, 6) is 1.62. The molecule has 1 saturated heterocycles. The minimum Gasteiger partial charge on any atom is -0.455 e. The number of pyridine rings is 1. The van der Waals surface area contributed by atoms with Crippen molar-refractivity contribution < 1.29 is 9.84 Å². The second-order valence-corrected chi connectivity index (χ2v) is 5.41. The Hall–Kier alpha value is -1.91. The fraction of sp³-hybridized carbons (Fsp3) is 0.353. The summed E-state index contributed by atoms with van der Waals surface area (Å²) in [6.07, 6.45) is 5.02. The van der Waals surface area contributed by atoms with Gasteiger partial charge in [0, 0.05) is 31.4 Å². The average Bonchev–Trinajstić information content (AvgIpc) is 2.52. The molecule has 0 radical (unpaired) electrons. The van der Waals surface area contributed by atoms with Crippen molar-refractivity contribution in [3.05, 3.63) is 54.4 Å². The third-order valence-electron chi connectivity index (χ3n) is 3.79. The molecule has 0 unspecified atom stereocenters. The first kappa shape index (κ1) is 14.0. The summed E-state index contributed by atoms with van der Waals surface area (Å²) in [5, 5.41) is 9.58. The van der Waals surface area contributed by atoms with Crippen LogP contribution in [0.1, 0.15) is 18.4 Å². The minimum atomic E-state index is -0.136. The Morgan fingerprint density at radius 1 is 1.14 bits per heavy atom. The molecule has 1 N–H and O–H groups in total. The Balaban J connectivity index is 1.70. The molecule has 1 aliphatic heterocycles. The molecule has 3 rings (SSSR count). The lowest BCUT2D eigenvalue weighted by molar-refractivity contribution is 0.0790. The van der Waals surface area contributed by atoms with Gasteiger partial charge in [0.05, 0.1) is 12.3 Å². The number of piperidine rings is 1. The molecular formula is C17H20N2O2. The smallest absolute Gasteiger partial charge is 0.145 e. The second-order valence-electron chi connectivity index (χ2n) is 5.41. The summed E-state index contributed by atoms with van der Waals surface area (Å²) < 4.78 is 5.93. The van der Waals surface area contributed by atoms with E-state index in [0.29, 0.717) is 0 Å². The van der Waals surface area contributed by atoms with Gasteiger partial charge in [-0.05, 0) is 31.0 Å². The molecule has 110 valence electrons. The maximum atomic E-state index is 9.58. The summed E-state index contributed by atoms with van der Waals surface area (Å²) in [6.45, 7) is 2.72. The van der Waals surface area contributed by atoms with Gasteiger partial charge >= 0.3 is 0 Å². The lowest BCUT2D eigenvalue weighted by atomic mass is 10.1. The number of aromatic nitrogens is 1. The molecule has 1 aromatic carbocycles. The van der Waals surface area contributed by atoms with Crippen LogP contribution in [0.25, 0.3) is 0 Å². The van der Waals surface area contributed by atoms with Crippen LogP contribution in [0, 0.1) is 0 Å². The zero-order valence-corrected chi connectivity index (χ0v) is 12.0. The first-order valence-corrected chi connectivity index (χ1v) is 7.37. The van der Waals surface area contributed by atoms with Crippen LogP contribution >= 0.6 is 0 Å². The van der Waals surface area contributed by atoms with E-state index in [9.17, 15) is 5.11 Å². The van der Waals surface area contributed by atoms with E-state index in [0.717, 1.165) is 49.5 Å². The lowest BCUT2D eigenvalue weighted by Crippen LogP contribution is -2.35. The van der Waals surface area contributed by atoms with E-state index in [4.69, 9.17) is 4.74 Å². The lowest BCUT2D eigenvalue weighted by Gasteiger charge is -2.29.